The van der Waals surface area contributed by atoms with Gasteiger partial charge in [0.05, 0.1) is 6.07 Å². The van der Waals surface area contributed by atoms with Crippen molar-refractivity contribution in [2.24, 2.45) is 0 Å². The molecule has 1 aromatic rings. The van der Waals surface area contributed by atoms with Crippen LogP contribution in [0.1, 0.15) is 6.42 Å². The smallest absolute Gasteiger partial charge is 0.317 e. The highest BCUT2D eigenvalue weighted by Crippen LogP contribution is 2.50. The van der Waals surface area contributed by atoms with Crippen LogP contribution in [0.5, 0.6) is 0 Å². The lowest BCUT2D eigenvalue weighted by atomic mass is 10.5. The SMILES string of the molecule is N#CCCSP(=O)(O)O.c1ccncc1. The molecule has 0 aliphatic heterocycles. The van der Waals surface area contributed by atoms with E-state index in [1.807, 2.05) is 18.2 Å². The average molecular weight is 246 g/mol. The van der Waals surface area contributed by atoms with E-state index in [9.17, 15) is 4.57 Å². The standard InChI is InChI=1S/C5H5N.C3H6NO3PS/c1-2-4-6-5-3-1;4-2-1-3-9-8(5,6)7/h1-5H;1,3H2,(H2,5,6,7). The molecule has 0 radical (unpaired) electrons. The first kappa shape index (κ1) is 14.1. The molecule has 0 spiro atoms. The maximum Gasteiger partial charge on any atom is 0.384 e. The van der Waals surface area contributed by atoms with Gasteiger partial charge >= 0.3 is 6.80 Å². The van der Waals surface area contributed by atoms with Gasteiger partial charge in [-0.15, -0.1) is 0 Å². The minimum absolute atomic E-state index is 0.176. The fraction of sp³-hybridized carbons (Fsp3) is 0.250. The lowest BCUT2D eigenvalue weighted by molar-refractivity contribution is 0.397. The molecule has 1 aromatic heterocycles. The second kappa shape index (κ2) is 8.45. The molecule has 0 fully saturated rings. The second-order valence-corrected chi connectivity index (χ2v) is 6.11. The monoisotopic (exact) mass is 246 g/mol. The Kier molecular flexibility index (Phi) is 7.96. The van der Waals surface area contributed by atoms with Crippen LogP contribution in [0.25, 0.3) is 0 Å². The van der Waals surface area contributed by atoms with Crippen LogP contribution >= 0.6 is 18.2 Å². The minimum atomic E-state index is -3.93. The number of nitriles is 1. The normalized spacial score (nSPS) is 9.67. The Balaban J connectivity index is 0.000000280. The summed E-state index contributed by atoms with van der Waals surface area (Å²) in [6.07, 6.45) is 3.68. The summed E-state index contributed by atoms with van der Waals surface area (Å²) in [6, 6.07) is 7.49. The highest BCUT2D eigenvalue weighted by atomic mass is 32.7. The zero-order valence-electron chi connectivity index (χ0n) is 7.85. The number of hydrogen-bond acceptors (Lipinski definition) is 4. The number of nitrogens with zero attached hydrogens (tertiary/aromatic N) is 2. The number of pyridine rings is 1. The molecule has 82 valence electrons. The Labute approximate surface area is 92.1 Å². The third-order valence-electron chi connectivity index (χ3n) is 1.04. The largest absolute Gasteiger partial charge is 0.384 e. The zero-order valence-corrected chi connectivity index (χ0v) is 9.56. The minimum Gasteiger partial charge on any atom is -0.317 e. The zero-order chi connectivity index (χ0) is 11.6. The van der Waals surface area contributed by atoms with Crippen molar-refractivity contribution in [3.8, 4) is 6.07 Å². The van der Waals surface area contributed by atoms with Gasteiger partial charge in [0.25, 0.3) is 0 Å². The van der Waals surface area contributed by atoms with Gasteiger partial charge in [0.15, 0.2) is 0 Å². The van der Waals surface area contributed by atoms with Crippen molar-refractivity contribution in [2.75, 3.05) is 5.75 Å². The van der Waals surface area contributed by atoms with Crippen molar-refractivity contribution in [2.45, 2.75) is 6.42 Å². The van der Waals surface area contributed by atoms with Gasteiger partial charge in [-0.2, -0.15) is 5.26 Å². The first-order valence-corrected chi connectivity index (χ1v) is 7.18. The first-order valence-electron chi connectivity index (χ1n) is 3.98. The molecule has 0 aromatic carbocycles. The van der Waals surface area contributed by atoms with Gasteiger partial charge in [-0.05, 0) is 23.5 Å². The van der Waals surface area contributed by atoms with Gasteiger partial charge in [-0.25, -0.2) is 4.57 Å². The van der Waals surface area contributed by atoms with E-state index in [4.69, 9.17) is 15.0 Å². The van der Waals surface area contributed by atoms with E-state index >= 15 is 0 Å². The number of aromatic nitrogens is 1. The molecule has 0 aliphatic carbocycles. The Morgan fingerprint density at radius 1 is 1.33 bits per heavy atom. The van der Waals surface area contributed by atoms with E-state index in [1.165, 1.54) is 0 Å². The molecule has 7 heteroatoms. The molecule has 1 rings (SSSR count). The summed E-state index contributed by atoms with van der Waals surface area (Å²) in [5, 5.41) is 7.95. The summed E-state index contributed by atoms with van der Waals surface area (Å²) < 4.78 is 10.1. The molecular weight excluding hydrogens is 235 g/mol. The number of rotatable bonds is 3. The molecule has 5 nitrogen and oxygen atoms in total. The van der Waals surface area contributed by atoms with Crippen LogP contribution in [0.3, 0.4) is 0 Å². The molecular formula is C8H11N2O3PS. The second-order valence-electron chi connectivity index (χ2n) is 2.26. The lowest BCUT2D eigenvalue weighted by Crippen LogP contribution is -1.75. The molecule has 0 saturated heterocycles. The summed E-state index contributed by atoms with van der Waals surface area (Å²) in [7, 11) is 0. The van der Waals surface area contributed by atoms with E-state index in [-0.39, 0.29) is 12.2 Å². The van der Waals surface area contributed by atoms with Gasteiger partial charge in [-0.3, -0.25) is 4.98 Å². The summed E-state index contributed by atoms with van der Waals surface area (Å²) >= 11 is 0.502. The van der Waals surface area contributed by atoms with Crippen LogP contribution in [-0.4, -0.2) is 20.5 Å². The van der Waals surface area contributed by atoms with E-state index in [1.54, 1.807) is 18.5 Å². The average Bonchev–Trinajstić information content (AvgIpc) is 2.20. The molecule has 0 amide bonds. The molecule has 1 heterocycles. The molecule has 0 saturated carbocycles. The van der Waals surface area contributed by atoms with Crippen LogP contribution in [0.15, 0.2) is 30.6 Å². The molecule has 15 heavy (non-hydrogen) atoms. The van der Waals surface area contributed by atoms with Gasteiger partial charge in [0, 0.05) is 24.6 Å². The number of hydrogen-bond donors (Lipinski definition) is 2. The van der Waals surface area contributed by atoms with Crippen LogP contribution in [0.4, 0.5) is 0 Å². The van der Waals surface area contributed by atoms with Crippen molar-refractivity contribution >= 4 is 18.2 Å². The Morgan fingerprint density at radius 3 is 2.20 bits per heavy atom. The predicted molar refractivity (Wildman–Crippen MR) is 59.0 cm³/mol. The van der Waals surface area contributed by atoms with E-state index in [0.29, 0.717) is 11.4 Å². The third kappa shape index (κ3) is 13.1. The lowest BCUT2D eigenvalue weighted by Gasteiger charge is -1.97. The third-order valence-corrected chi connectivity index (χ3v) is 3.32. The van der Waals surface area contributed by atoms with Crippen LogP contribution in [0.2, 0.25) is 0 Å². The van der Waals surface area contributed by atoms with Gasteiger partial charge < -0.3 is 9.79 Å². The van der Waals surface area contributed by atoms with Gasteiger partial charge in [0.1, 0.15) is 0 Å². The maximum absolute atomic E-state index is 10.1. The molecule has 2 N–H and O–H groups in total. The summed E-state index contributed by atoms with van der Waals surface area (Å²) in [4.78, 5) is 20.2. The molecule has 0 atom stereocenters. The Bertz CT molecular complexity index is 309. The van der Waals surface area contributed by atoms with E-state index < -0.39 is 6.80 Å². The van der Waals surface area contributed by atoms with Crippen molar-refractivity contribution in [1.82, 2.24) is 4.98 Å². The highest BCUT2D eigenvalue weighted by Gasteiger charge is 2.11. The van der Waals surface area contributed by atoms with Crippen LogP contribution in [0, 0.1) is 11.3 Å². The van der Waals surface area contributed by atoms with E-state index in [0.717, 1.165) is 0 Å². The summed E-state index contributed by atoms with van der Waals surface area (Å²) in [5.74, 6) is 0.195. The van der Waals surface area contributed by atoms with Gasteiger partial charge in [0.2, 0.25) is 0 Å². The van der Waals surface area contributed by atoms with Crippen molar-refractivity contribution in [3.63, 3.8) is 0 Å². The Morgan fingerprint density at radius 2 is 1.93 bits per heavy atom. The molecule has 0 bridgehead atoms. The van der Waals surface area contributed by atoms with Crippen LogP contribution < -0.4 is 0 Å². The fourth-order valence-corrected chi connectivity index (χ4v) is 1.93. The maximum atomic E-state index is 10.1. The molecule has 0 unspecified atom stereocenters. The van der Waals surface area contributed by atoms with Crippen LogP contribution in [-0.2, 0) is 4.57 Å². The van der Waals surface area contributed by atoms with Gasteiger partial charge in [-0.1, -0.05) is 6.07 Å². The summed E-state index contributed by atoms with van der Waals surface area (Å²) in [6.45, 7) is -3.93. The van der Waals surface area contributed by atoms with Crippen molar-refractivity contribution in [3.05, 3.63) is 30.6 Å². The first-order chi connectivity index (χ1) is 7.06. The molecule has 0 aliphatic rings. The van der Waals surface area contributed by atoms with E-state index in [2.05, 4.69) is 4.98 Å². The summed E-state index contributed by atoms with van der Waals surface area (Å²) in [5.41, 5.74) is 0. The topological polar surface area (TPSA) is 94.2 Å². The quantitative estimate of drug-likeness (QED) is 0.624. The highest BCUT2D eigenvalue weighted by molar-refractivity contribution is 8.54. The predicted octanol–water partition coefficient (Wildman–Crippen LogP) is 1.81. The Hall–Kier alpha value is -0.860. The van der Waals surface area contributed by atoms with Crippen molar-refractivity contribution < 1.29 is 14.4 Å². The fourth-order valence-electron chi connectivity index (χ4n) is 0.523. The van der Waals surface area contributed by atoms with Crippen molar-refractivity contribution in [1.29, 1.82) is 5.26 Å².